The molecule has 0 spiro atoms. The van der Waals surface area contributed by atoms with Crippen molar-refractivity contribution in [2.75, 3.05) is 20.3 Å². The van der Waals surface area contributed by atoms with Gasteiger partial charge in [-0.1, -0.05) is 55.2 Å². The van der Waals surface area contributed by atoms with Gasteiger partial charge in [-0.05, 0) is 70.6 Å². The summed E-state index contributed by atoms with van der Waals surface area (Å²) in [7, 11) is 1.58. The summed E-state index contributed by atoms with van der Waals surface area (Å²) >= 11 is 10.2. The molecule has 0 aromatic heterocycles. The van der Waals surface area contributed by atoms with Crippen LogP contribution in [0.5, 0.6) is 11.5 Å². The SMILES string of the molecule is CCCOC(=O)CCCN1C(=O)/C(=C/c2cc(Br)c(OCc3ccccc3C)c(OC)c2)SC1=S. The molecule has 0 bridgehead atoms. The number of benzene rings is 2. The van der Waals surface area contributed by atoms with Crippen molar-refractivity contribution in [1.29, 1.82) is 0 Å². The fourth-order valence-electron chi connectivity index (χ4n) is 3.40. The van der Waals surface area contributed by atoms with E-state index >= 15 is 0 Å². The molecule has 0 saturated carbocycles. The summed E-state index contributed by atoms with van der Waals surface area (Å²) in [6, 6.07) is 11.8. The van der Waals surface area contributed by atoms with Gasteiger partial charge in [0, 0.05) is 13.0 Å². The highest BCUT2D eigenvalue weighted by Crippen LogP contribution is 2.39. The van der Waals surface area contributed by atoms with Crippen LogP contribution in [-0.2, 0) is 20.9 Å². The number of hydrogen-bond donors (Lipinski definition) is 0. The third-order valence-corrected chi connectivity index (χ3v) is 7.25. The number of ether oxygens (including phenoxy) is 3. The first-order chi connectivity index (χ1) is 16.8. The molecule has 0 radical (unpaired) electrons. The van der Waals surface area contributed by atoms with Crippen LogP contribution < -0.4 is 9.47 Å². The van der Waals surface area contributed by atoms with E-state index in [4.69, 9.17) is 26.4 Å². The van der Waals surface area contributed by atoms with E-state index in [2.05, 4.69) is 15.9 Å². The van der Waals surface area contributed by atoms with Crippen molar-refractivity contribution >= 4 is 62.2 Å². The smallest absolute Gasteiger partial charge is 0.305 e. The molecule has 3 rings (SSSR count). The van der Waals surface area contributed by atoms with Crippen LogP contribution in [0, 0.1) is 6.92 Å². The van der Waals surface area contributed by atoms with Crippen molar-refractivity contribution in [2.24, 2.45) is 0 Å². The molecule has 1 aliphatic rings. The van der Waals surface area contributed by atoms with Gasteiger partial charge in [-0.2, -0.15) is 0 Å². The van der Waals surface area contributed by atoms with Crippen LogP contribution in [0.4, 0.5) is 0 Å². The van der Waals surface area contributed by atoms with Crippen LogP contribution in [0.1, 0.15) is 42.9 Å². The quantitative estimate of drug-likeness (QED) is 0.177. The number of amides is 1. The number of halogens is 1. The zero-order chi connectivity index (χ0) is 25.4. The third-order valence-electron chi connectivity index (χ3n) is 5.29. The standard InChI is InChI=1S/C26H28BrNO5S2/c1-4-12-32-23(29)10-7-11-28-25(30)22(35-26(28)34)15-18-13-20(27)24(21(14-18)31-3)33-16-19-9-6-5-8-17(19)2/h5-6,8-9,13-15H,4,7,10-12,16H2,1-3H3/b22-15-. The van der Waals surface area contributed by atoms with Crippen molar-refractivity contribution in [2.45, 2.75) is 39.7 Å². The van der Waals surface area contributed by atoms with Crippen LogP contribution in [0.3, 0.4) is 0 Å². The first-order valence-corrected chi connectivity index (χ1v) is 13.3. The number of nitrogens with zero attached hydrogens (tertiary/aromatic N) is 1. The summed E-state index contributed by atoms with van der Waals surface area (Å²) in [6.45, 7) is 5.19. The Labute approximate surface area is 224 Å². The van der Waals surface area contributed by atoms with E-state index in [0.29, 0.717) is 46.9 Å². The summed E-state index contributed by atoms with van der Waals surface area (Å²) < 4.78 is 17.9. The summed E-state index contributed by atoms with van der Waals surface area (Å²) in [4.78, 5) is 26.7. The van der Waals surface area contributed by atoms with E-state index in [-0.39, 0.29) is 18.3 Å². The van der Waals surface area contributed by atoms with Crippen molar-refractivity contribution in [1.82, 2.24) is 4.90 Å². The molecule has 35 heavy (non-hydrogen) atoms. The van der Waals surface area contributed by atoms with Crippen LogP contribution >= 0.6 is 39.9 Å². The van der Waals surface area contributed by atoms with Crippen molar-refractivity contribution in [3.05, 3.63) is 62.5 Å². The van der Waals surface area contributed by atoms with E-state index in [1.54, 1.807) is 13.2 Å². The zero-order valence-electron chi connectivity index (χ0n) is 20.0. The second-order valence-electron chi connectivity index (χ2n) is 7.91. The van der Waals surface area contributed by atoms with E-state index in [1.165, 1.54) is 16.7 Å². The molecule has 0 unspecified atom stereocenters. The Morgan fingerprint density at radius 1 is 1.26 bits per heavy atom. The molecule has 1 saturated heterocycles. The average Bonchev–Trinajstić information content (AvgIpc) is 3.10. The Morgan fingerprint density at radius 3 is 2.74 bits per heavy atom. The van der Waals surface area contributed by atoms with Gasteiger partial charge in [0.1, 0.15) is 10.9 Å². The largest absolute Gasteiger partial charge is 0.493 e. The molecule has 1 amide bonds. The number of hydrogen-bond acceptors (Lipinski definition) is 7. The number of methoxy groups -OCH3 is 1. The highest BCUT2D eigenvalue weighted by atomic mass is 79.9. The van der Waals surface area contributed by atoms with E-state index < -0.39 is 0 Å². The predicted octanol–water partition coefficient (Wildman–Crippen LogP) is 6.28. The maximum atomic E-state index is 12.9. The number of thioether (sulfide) groups is 1. The highest BCUT2D eigenvalue weighted by molar-refractivity contribution is 9.10. The minimum atomic E-state index is -0.255. The lowest BCUT2D eigenvalue weighted by molar-refractivity contribution is -0.144. The predicted molar refractivity (Wildman–Crippen MR) is 147 cm³/mol. The molecule has 2 aromatic rings. The van der Waals surface area contributed by atoms with Crippen molar-refractivity contribution < 1.29 is 23.8 Å². The first kappa shape index (κ1) is 27.2. The maximum Gasteiger partial charge on any atom is 0.305 e. The van der Waals surface area contributed by atoms with Gasteiger partial charge < -0.3 is 14.2 Å². The van der Waals surface area contributed by atoms with Crippen LogP contribution in [0.2, 0.25) is 0 Å². The number of carbonyl (C=O) groups is 2. The number of thiocarbonyl (C=S) groups is 1. The normalized spacial score (nSPS) is 14.5. The molecule has 6 nitrogen and oxygen atoms in total. The van der Waals surface area contributed by atoms with Crippen molar-refractivity contribution in [3.8, 4) is 11.5 Å². The highest BCUT2D eigenvalue weighted by Gasteiger charge is 2.31. The Morgan fingerprint density at radius 2 is 2.03 bits per heavy atom. The van der Waals surface area contributed by atoms with E-state index in [0.717, 1.165) is 27.6 Å². The lowest BCUT2D eigenvalue weighted by atomic mass is 10.1. The maximum absolute atomic E-state index is 12.9. The van der Waals surface area contributed by atoms with E-state index in [1.807, 2.05) is 50.2 Å². The molecule has 0 N–H and O–H groups in total. The fourth-order valence-corrected chi connectivity index (χ4v) is 5.28. The third kappa shape index (κ3) is 7.32. The molecular weight excluding hydrogens is 550 g/mol. The lowest BCUT2D eigenvalue weighted by Crippen LogP contribution is -2.29. The topological polar surface area (TPSA) is 65.1 Å². The molecular formula is C26H28BrNO5S2. The molecule has 1 fully saturated rings. The summed E-state index contributed by atoms with van der Waals surface area (Å²) in [5.74, 6) is 0.724. The fraction of sp³-hybridized carbons (Fsp3) is 0.346. The van der Waals surface area contributed by atoms with Crippen LogP contribution in [-0.4, -0.2) is 41.4 Å². The second kappa shape index (κ2) is 13.1. The molecule has 0 atom stereocenters. The summed E-state index contributed by atoms with van der Waals surface area (Å²) in [5.41, 5.74) is 3.02. The summed E-state index contributed by atoms with van der Waals surface area (Å²) in [5, 5.41) is 0. The zero-order valence-corrected chi connectivity index (χ0v) is 23.2. The van der Waals surface area contributed by atoms with Gasteiger partial charge in [0.05, 0.1) is 23.1 Å². The minimum Gasteiger partial charge on any atom is -0.493 e. The Kier molecular flexibility index (Phi) is 10.2. The Hall–Kier alpha value is -2.36. The van der Waals surface area contributed by atoms with Gasteiger partial charge >= 0.3 is 5.97 Å². The van der Waals surface area contributed by atoms with Gasteiger partial charge in [0.25, 0.3) is 5.91 Å². The lowest BCUT2D eigenvalue weighted by Gasteiger charge is -2.15. The number of esters is 1. The number of carbonyl (C=O) groups excluding carboxylic acids is 2. The minimum absolute atomic E-state index is 0.170. The van der Waals surface area contributed by atoms with Gasteiger partial charge in [0.15, 0.2) is 11.5 Å². The first-order valence-electron chi connectivity index (χ1n) is 11.3. The van der Waals surface area contributed by atoms with Gasteiger partial charge in [0.2, 0.25) is 0 Å². The Balaban J connectivity index is 1.69. The Bertz CT molecular complexity index is 1130. The second-order valence-corrected chi connectivity index (χ2v) is 10.4. The molecule has 2 aromatic carbocycles. The van der Waals surface area contributed by atoms with E-state index in [9.17, 15) is 9.59 Å². The average molecular weight is 579 g/mol. The number of aryl methyl sites for hydroxylation is 1. The number of rotatable bonds is 11. The molecule has 0 aliphatic carbocycles. The van der Waals surface area contributed by atoms with Gasteiger partial charge in [-0.25, -0.2) is 0 Å². The molecule has 1 aliphatic heterocycles. The van der Waals surface area contributed by atoms with Gasteiger partial charge in [-0.3, -0.25) is 14.5 Å². The van der Waals surface area contributed by atoms with Crippen LogP contribution in [0.15, 0.2) is 45.8 Å². The van der Waals surface area contributed by atoms with Gasteiger partial charge in [-0.15, -0.1) is 0 Å². The molecule has 1 heterocycles. The monoisotopic (exact) mass is 577 g/mol. The van der Waals surface area contributed by atoms with Crippen molar-refractivity contribution in [3.63, 3.8) is 0 Å². The van der Waals surface area contributed by atoms with Crippen LogP contribution in [0.25, 0.3) is 6.08 Å². The molecule has 186 valence electrons. The summed E-state index contributed by atoms with van der Waals surface area (Å²) in [6.07, 6.45) is 3.32. The molecule has 9 heteroatoms.